The molecule has 1 aromatic rings. The predicted octanol–water partition coefficient (Wildman–Crippen LogP) is 0.268. The van der Waals surface area contributed by atoms with E-state index in [1.54, 1.807) is 6.19 Å². The van der Waals surface area contributed by atoms with Gasteiger partial charge < -0.3 is 4.98 Å². The average Bonchev–Trinajstić information content (AvgIpc) is 1.95. The van der Waals surface area contributed by atoms with Gasteiger partial charge in [-0.15, -0.1) is 0 Å². The Balaban J connectivity index is 2.92. The highest BCUT2D eigenvalue weighted by atomic mass is 16.1. The van der Waals surface area contributed by atoms with Crippen molar-refractivity contribution < 1.29 is 0 Å². The van der Waals surface area contributed by atoms with Gasteiger partial charge in [0.25, 0.3) is 0 Å². The van der Waals surface area contributed by atoms with E-state index in [-0.39, 0.29) is 5.56 Å². The highest BCUT2D eigenvalue weighted by Crippen LogP contribution is 1.97. The minimum absolute atomic E-state index is 0.177. The summed E-state index contributed by atoms with van der Waals surface area (Å²) in [6.07, 6.45) is 3.17. The van der Waals surface area contributed by atoms with Crippen molar-refractivity contribution in [1.29, 1.82) is 5.26 Å². The standard InChI is InChI=1S/C6H5N3O/c7-4-9-5-1-2-6(10)8-3-5/h1-3,9H,(H,8,10). The van der Waals surface area contributed by atoms with Crippen LogP contribution >= 0.6 is 0 Å². The molecule has 0 radical (unpaired) electrons. The van der Waals surface area contributed by atoms with Gasteiger partial charge in [0.1, 0.15) is 0 Å². The maximum atomic E-state index is 10.5. The lowest BCUT2D eigenvalue weighted by atomic mass is 10.4. The van der Waals surface area contributed by atoms with Crippen LogP contribution in [0.1, 0.15) is 0 Å². The highest BCUT2D eigenvalue weighted by Gasteiger charge is 1.86. The molecule has 0 aromatic carbocycles. The van der Waals surface area contributed by atoms with E-state index in [1.807, 2.05) is 0 Å². The zero-order valence-electron chi connectivity index (χ0n) is 5.09. The van der Waals surface area contributed by atoms with Gasteiger partial charge >= 0.3 is 0 Å². The van der Waals surface area contributed by atoms with Crippen molar-refractivity contribution in [2.75, 3.05) is 5.32 Å². The molecule has 50 valence electrons. The molecule has 0 spiro atoms. The topological polar surface area (TPSA) is 68.7 Å². The lowest BCUT2D eigenvalue weighted by molar-refractivity contribution is 1.24. The van der Waals surface area contributed by atoms with Crippen LogP contribution < -0.4 is 10.9 Å². The summed E-state index contributed by atoms with van der Waals surface area (Å²) >= 11 is 0. The molecule has 1 rings (SSSR count). The minimum atomic E-state index is -0.177. The molecule has 0 aliphatic rings. The van der Waals surface area contributed by atoms with Crippen LogP contribution in [0.4, 0.5) is 5.69 Å². The number of hydrogen-bond donors (Lipinski definition) is 2. The second kappa shape index (κ2) is 2.69. The summed E-state index contributed by atoms with van der Waals surface area (Å²) < 4.78 is 0. The smallest absolute Gasteiger partial charge is 0.248 e. The molecule has 2 N–H and O–H groups in total. The second-order valence-corrected chi connectivity index (χ2v) is 1.68. The van der Waals surface area contributed by atoms with Crippen LogP contribution in [0.15, 0.2) is 23.1 Å². The van der Waals surface area contributed by atoms with Gasteiger partial charge in [0.05, 0.1) is 5.69 Å². The van der Waals surface area contributed by atoms with Gasteiger partial charge in [0, 0.05) is 12.3 Å². The third-order valence-electron chi connectivity index (χ3n) is 0.984. The van der Waals surface area contributed by atoms with Crippen LogP contribution in [-0.4, -0.2) is 4.98 Å². The second-order valence-electron chi connectivity index (χ2n) is 1.68. The number of rotatable bonds is 1. The molecule has 0 unspecified atom stereocenters. The Labute approximate surface area is 57.1 Å². The summed E-state index contributed by atoms with van der Waals surface area (Å²) in [6, 6.07) is 2.88. The van der Waals surface area contributed by atoms with E-state index in [2.05, 4.69) is 10.3 Å². The van der Waals surface area contributed by atoms with E-state index < -0.39 is 0 Å². The fourth-order valence-electron chi connectivity index (χ4n) is 0.553. The predicted molar refractivity (Wildman–Crippen MR) is 36.3 cm³/mol. The molecule has 0 amide bonds. The molecule has 4 heteroatoms. The third kappa shape index (κ3) is 1.36. The molecule has 0 aliphatic heterocycles. The first-order chi connectivity index (χ1) is 4.83. The maximum absolute atomic E-state index is 10.5. The molecule has 0 fully saturated rings. The zero-order valence-corrected chi connectivity index (χ0v) is 5.09. The van der Waals surface area contributed by atoms with Gasteiger partial charge in [-0.1, -0.05) is 0 Å². The number of pyridine rings is 1. The maximum Gasteiger partial charge on any atom is 0.248 e. The van der Waals surface area contributed by atoms with E-state index in [1.165, 1.54) is 18.3 Å². The Bertz CT molecular complexity index is 289. The van der Waals surface area contributed by atoms with Crippen molar-refractivity contribution in [1.82, 2.24) is 4.98 Å². The van der Waals surface area contributed by atoms with E-state index in [0.717, 1.165) is 0 Å². The highest BCUT2D eigenvalue weighted by molar-refractivity contribution is 5.43. The number of nitriles is 1. The van der Waals surface area contributed by atoms with Gasteiger partial charge in [-0.3, -0.25) is 10.1 Å². The Morgan fingerprint density at radius 1 is 1.60 bits per heavy atom. The van der Waals surface area contributed by atoms with Crippen LogP contribution in [0.3, 0.4) is 0 Å². The van der Waals surface area contributed by atoms with Gasteiger partial charge in [-0.05, 0) is 6.07 Å². The first-order valence-corrected chi connectivity index (χ1v) is 2.67. The van der Waals surface area contributed by atoms with E-state index >= 15 is 0 Å². The van der Waals surface area contributed by atoms with Gasteiger partial charge in [0.15, 0.2) is 6.19 Å². The van der Waals surface area contributed by atoms with Crippen LogP contribution in [0.2, 0.25) is 0 Å². The minimum Gasteiger partial charge on any atom is -0.327 e. The quantitative estimate of drug-likeness (QED) is 0.429. The first-order valence-electron chi connectivity index (χ1n) is 2.67. The van der Waals surface area contributed by atoms with E-state index in [9.17, 15) is 4.79 Å². The number of hydrogen-bond acceptors (Lipinski definition) is 3. The van der Waals surface area contributed by atoms with Crippen molar-refractivity contribution in [3.8, 4) is 6.19 Å². The number of nitrogens with one attached hydrogen (secondary N) is 2. The third-order valence-corrected chi connectivity index (χ3v) is 0.984. The van der Waals surface area contributed by atoms with Crippen molar-refractivity contribution in [2.45, 2.75) is 0 Å². The van der Waals surface area contributed by atoms with Gasteiger partial charge in [-0.2, -0.15) is 5.26 Å². The first kappa shape index (κ1) is 6.36. The number of anilines is 1. The SMILES string of the molecule is N#CNc1ccc(=O)[nH]c1. The lowest BCUT2D eigenvalue weighted by Crippen LogP contribution is -2.02. The Hall–Kier alpha value is -1.76. The molecule has 4 nitrogen and oxygen atoms in total. The largest absolute Gasteiger partial charge is 0.327 e. The summed E-state index contributed by atoms with van der Waals surface area (Å²) in [6.45, 7) is 0. The van der Waals surface area contributed by atoms with Crippen LogP contribution in [0.5, 0.6) is 0 Å². The summed E-state index contributed by atoms with van der Waals surface area (Å²) in [7, 11) is 0. The molecule has 0 aliphatic carbocycles. The Morgan fingerprint density at radius 3 is 2.90 bits per heavy atom. The summed E-state index contributed by atoms with van der Waals surface area (Å²) in [5.74, 6) is 0. The Kier molecular flexibility index (Phi) is 1.71. The summed E-state index contributed by atoms with van der Waals surface area (Å²) in [5, 5.41) is 10.5. The molecule has 0 saturated heterocycles. The lowest BCUT2D eigenvalue weighted by Gasteiger charge is -1.91. The van der Waals surface area contributed by atoms with E-state index in [0.29, 0.717) is 5.69 Å². The summed E-state index contributed by atoms with van der Waals surface area (Å²) in [4.78, 5) is 12.9. The van der Waals surface area contributed by atoms with Crippen molar-refractivity contribution >= 4 is 5.69 Å². The zero-order chi connectivity index (χ0) is 7.40. The van der Waals surface area contributed by atoms with Crippen molar-refractivity contribution in [2.24, 2.45) is 0 Å². The molecule has 0 bridgehead atoms. The van der Waals surface area contributed by atoms with Crippen LogP contribution in [0.25, 0.3) is 0 Å². The monoisotopic (exact) mass is 135 g/mol. The van der Waals surface area contributed by atoms with E-state index in [4.69, 9.17) is 5.26 Å². The molecule has 0 saturated carbocycles. The van der Waals surface area contributed by atoms with Crippen molar-refractivity contribution in [3.05, 3.63) is 28.7 Å². The Morgan fingerprint density at radius 2 is 2.40 bits per heavy atom. The molecular weight excluding hydrogens is 130 g/mol. The number of aromatic nitrogens is 1. The van der Waals surface area contributed by atoms with Crippen molar-refractivity contribution in [3.63, 3.8) is 0 Å². The van der Waals surface area contributed by atoms with Gasteiger partial charge in [0.2, 0.25) is 5.56 Å². The molecule has 1 heterocycles. The average molecular weight is 135 g/mol. The van der Waals surface area contributed by atoms with Gasteiger partial charge in [-0.25, -0.2) is 0 Å². The number of H-pyrrole nitrogens is 1. The molecule has 10 heavy (non-hydrogen) atoms. The molecule has 1 aromatic heterocycles. The normalized spacial score (nSPS) is 8.30. The van der Waals surface area contributed by atoms with Crippen LogP contribution in [0, 0.1) is 11.5 Å². The fraction of sp³-hybridized carbons (Fsp3) is 0. The number of nitrogens with zero attached hydrogens (tertiary/aromatic N) is 1. The summed E-state index contributed by atoms with van der Waals surface area (Å²) in [5.41, 5.74) is 0.408. The number of aromatic amines is 1. The molecular formula is C6H5N3O. The van der Waals surface area contributed by atoms with Crippen LogP contribution in [-0.2, 0) is 0 Å². The molecule has 0 atom stereocenters. The fourth-order valence-corrected chi connectivity index (χ4v) is 0.553.